The summed E-state index contributed by atoms with van der Waals surface area (Å²) in [6, 6.07) is 1.91. The molecule has 1 spiro atoms. The molecule has 2 aliphatic heterocycles. The van der Waals surface area contributed by atoms with Crippen LogP contribution in [0.5, 0.6) is 0 Å². The minimum absolute atomic E-state index is 0.0104. The van der Waals surface area contributed by atoms with Gasteiger partial charge in [0.25, 0.3) is 5.91 Å². The molecule has 22 heavy (non-hydrogen) atoms. The Hall–Kier alpha value is -1.76. The van der Waals surface area contributed by atoms with Crippen LogP contribution < -0.4 is 0 Å². The molecule has 3 heterocycles. The Morgan fingerprint density at radius 1 is 1.32 bits per heavy atom. The lowest BCUT2D eigenvalue weighted by Crippen LogP contribution is -2.50. The van der Waals surface area contributed by atoms with Crippen molar-refractivity contribution in [3.8, 4) is 0 Å². The van der Waals surface area contributed by atoms with Gasteiger partial charge in [0.1, 0.15) is 5.76 Å². The smallest absolute Gasteiger partial charge is 0.306 e. The Labute approximate surface area is 128 Å². The molecule has 0 radical (unpaired) electrons. The van der Waals surface area contributed by atoms with Gasteiger partial charge in [0.05, 0.1) is 18.1 Å². The van der Waals surface area contributed by atoms with E-state index in [1.165, 1.54) is 0 Å². The highest BCUT2D eigenvalue weighted by Gasteiger charge is 2.57. The van der Waals surface area contributed by atoms with Gasteiger partial charge in [0, 0.05) is 24.1 Å². The molecule has 0 unspecified atom stereocenters. The molecule has 0 bridgehead atoms. The van der Waals surface area contributed by atoms with Crippen molar-refractivity contribution in [1.29, 1.82) is 0 Å². The minimum atomic E-state index is -3.73. The fourth-order valence-corrected chi connectivity index (χ4v) is 4.63. The maximum absolute atomic E-state index is 12.8. The van der Waals surface area contributed by atoms with E-state index in [0.717, 1.165) is 42.4 Å². The Morgan fingerprint density at radius 2 is 2.14 bits per heavy atom. The second-order valence-electron chi connectivity index (χ2n) is 6.13. The molecule has 0 aromatic carbocycles. The van der Waals surface area contributed by atoms with Gasteiger partial charge >= 0.3 is 10.1 Å². The Bertz CT molecular complexity index is 791. The number of fused-ring (bicyclic) bond motifs is 1. The average Bonchev–Trinajstić information content (AvgIpc) is 3.01. The van der Waals surface area contributed by atoms with E-state index in [2.05, 4.69) is 0 Å². The third kappa shape index (κ3) is 1.71. The van der Waals surface area contributed by atoms with E-state index in [-0.39, 0.29) is 11.7 Å². The second-order valence-corrected chi connectivity index (χ2v) is 7.70. The topological polar surface area (TPSA) is 76.8 Å². The Morgan fingerprint density at radius 3 is 2.91 bits per heavy atom. The molecule has 1 amide bonds. The molecule has 1 aromatic heterocycles. The summed E-state index contributed by atoms with van der Waals surface area (Å²) in [6.07, 6.45) is 6.66. The van der Waals surface area contributed by atoms with E-state index in [4.69, 9.17) is 8.60 Å². The zero-order valence-corrected chi connectivity index (χ0v) is 13.1. The lowest BCUT2D eigenvalue weighted by molar-refractivity contribution is -0.132. The van der Waals surface area contributed by atoms with E-state index in [0.29, 0.717) is 19.4 Å². The van der Waals surface area contributed by atoms with Crippen molar-refractivity contribution >= 4 is 16.0 Å². The zero-order chi connectivity index (χ0) is 15.5. The zero-order valence-electron chi connectivity index (χ0n) is 12.3. The first-order valence-electron chi connectivity index (χ1n) is 7.45. The molecule has 1 saturated carbocycles. The Balaban J connectivity index is 1.94. The van der Waals surface area contributed by atoms with E-state index >= 15 is 0 Å². The van der Waals surface area contributed by atoms with Crippen LogP contribution >= 0.6 is 0 Å². The van der Waals surface area contributed by atoms with Crippen molar-refractivity contribution in [3.05, 3.63) is 35.0 Å². The van der Waals surface area contributed by atoms with Crippen LogP contribution in [0.25, 0.3) is 0 Å². The van der Waals surface area contributed by atoms with Crippen LogP contribution in [0.15, 0.2) is 28.1 Å². The maximum atomic E-state index is 12.8. The molecule has 1 aromatic rings. The summed E-state index contributed by atoms with van der Waals surface area (Å²) in [5.74, 6) is 0.592. The van der Waals surface area contributed by atoms with Crippen molar-refractivity contribution < 1.29 is 21.8 Å². The summed E-state index contributed by atoms with van der Waals surface area (Å²) in [6.45, 7) is 0.527. The van der Waals surface area contributed by atoms with Crippen LogP contribution in [-0.4, -0.2) is 32.0 Å². The molecule has 118 valence electrons. The third-order valence-corrected chi connectivity index (χ3v) is 5.35. The SMILES string of the molecule is CS(=O)(=O)OC1=C2CCCC[C@@]23c2ccoc2CCN3C1=O. The Kier molecular flexibility index (Phi) is 2.76. The highest BCUT2D eigenvalue weighted by Crippen LogP contribution is 2.55. The van der Waals surface area contributed by atoms with Gasteiger partial charge in [-0.1, -0.05) is 6.42 Å². The number of amides is 1. The normalized spacial score (nSPS) is 27.5. The summed E-state index contributed by atoms with van der Waals surface area (Å²) in [5, 5.41) is 0. The van der Waals surface area contributed by atoms with Crippen LogP contribution in [0.4, 0.5) is 0 Å². The number of hydrogen-bond donors (Lipinski definition) is 0. The fraction of sp³-hybridized carbons (Fsp3) is 0.533. The van der Waals surface area contributed by atoms with Crippen LogP contribution in [0.2, 0.25) is 0 Å². The molecule has 1 fully saturated rings. The molecular weight excluding hydrogens is 306 g/mol. The number of nitrogens with zero attached hydrogens (tertiary/aromatic N) is 1. The van der Waals surface area contributed by atoms with Gasteiger partial charge < -0.3 is 13.5 Å². The molecular formula is C15H17NO5S. The van der Waals surface area contributed by atoms with Crippen LogP contribution in [0.1, 0.15) is 37.0 Å². The summed E-state index contributed by atoms with van der Waals surface area (Å²) in [5.41, 5.74) is 1.24. The fourth-order valence-electron chi connectivity index (χ4n) is 4.15. The van der Waals surface area contributed by atoms with Gasteiger partial charge in [-0.25, -0.2) is 0 Å². The number of rotatable bonds is 2. The first-order chi connectivity index (χ1) is 10.4. The van der Waals surface area contributed by atoms with Crippen LogP contribution in [0, 0.1) is 0 Å². The van der Waals surface area contributed by atoms with Gasteiger partial charge in [-0.05, 0) is 25.3 Å². The number of hydrogen-bond acceptors (Lipinski definition) is 5. The van der Waals surface area contributed by atoms with Crippen molar-refractivity contribution in [3.63, 3.8) is 0 Å². The molecule has 0 N–H and O–H groups in total. The summed E-state index contributed by atoms with van der Waals surface area (Å²) < 4.78 is 33.8. The first-order valence-corrected chi connectivity index (χ1v) is 9.27. The van der Waals surface area contributed by atoms with Crippen molar-refractivity contribution in [2.45, 2.75) is 37.6 Å². The molecule has 3 aliphatic rings. The van der Waals surface area contributed by atoms with Gasteiger partial charge in [-0.2, -0.15) is 8.42 Å². The predicted octanol–water partition coefficient (Wildman–Crippen LogP) is 1.68. The van der Waals surface area contributed by atoms with Gasteiger partial charge in [0.2, 0.25) is 5.76 Å². The molecule has 7 heteroatoms. The van der Waals surface area contributed by atoms with Crippen molar-refractivity contribution in [2.24, 2.45) is 0 Å². The number of furan rings is 1. The van der Waals surface area contributed by atoms with Crippen molar-refractivity contribution in [1.82, 2.24) is 4.90 Å². The minimum Gasteiger partial charge on any atom is -0.469 e. The van der Waals surface area contributed by atoms with Crippen LogP contribution in [0.3, 0.4) is 0 Å². The first kappa shape index (κ1) is 13.9. The van der Waals surface area contributed by atoms with E-state index in [1.54, 1.807) is 11.2 Å². The molecule has 1 aliphatic carbocycles. The van der Waals surface area contributed by atoms with E-state index in [9.17, 15) is 13.2 Å². The van der Waals surface area contributed by atoms with E-state index in [1.807, 2.05) is 6.07 Å². The third-order valence-electron chi connectivity index (χ3n) is 4.88. The monoisotopic (exact) mass is 323 g/mol. The molecule has 1 atom stereocenters. The largest absolute Gasteiger partial charge is 0.469 e. The molecule has 0 saturated heterocycles. The highest BCUT2D eigenvalue weighted by atomic mass is 32.2. The molecule has 4 rings (SSSR count). The summed E-state index contributed by atoms with van der Waals surface area (Å²) in [7, 11) is -3.73. The van der Waals surface area contributed by atoms with E-state index < -0.39 is 15.7 Å². The predicted molar refractivity (Wildman–Crippen MR) is 77.2 cm³/mol. The van der Waals surface area contributed by atoms with Crippen LogP contribution in [-0.2, 0) is 31.1 Å². The van der Waals surface area contributed by atoms with Gasteiger partial charge in [-0.3, -0.25) is 4.79 Å². The summed E-state index contributed by atoms with van der Waals surface area (Å²) in [4.78, 5) is 14.5. The van der Waals surface area contributed by atoms with Crippen molar-refractivity contribution in [2.75, 3.05) is 12.8 Å². The standard InChI is InChI=1S/C15H17NO5S/c1-22(18,19)21-13-11-4-2-3-7-15(11)10-6-9-20-12(10)5-8-16(15)14(13)17/h6,9H,2-5,7-8H2,1H3/t15-/m1/s1. The number of carbonyl (C=O) groups is 1. The highest BCUT2D eigenvalue weighted by molar-refractivity contribution is 7.86. The quantitative estimate of drug-likeness (QED) is 0.774. The average molecular weight is 323 g/mol. The van der Waals surface area contributed by atoms with Gasteiger partial charge in [0.15, 0.2) is 0 Å². The maximum Gasteiger partial charge on any atom is 0.306 e. The van der Waals surface area contributed by atoms with Gasteiger partial charge in [-0.15, -0.1) is 0 Å². The second kappa shape index (κ2) is 4.38. The summed E-state index contributed by atoms with van der Waals surface area (Å²) >= 11 is 0. The lowest BCUT2D eigenvalue weighted by Gasteiger charge is -2.45. The lowest BCUT2D eigenvalue weighted by atomic mass is 9.71. The number of carbonyl (C=O) groups excluding carboxylic acids is 1. The molecule has 6 nitrogen and oxygen atoms in total.